The summed E-state index contributed by atoms with van der Waals surface area (Å²) in [6.07, 6.45) is 7.74. The molecular weight excluding hydrogens is 320 g/mol. The molecule has 0 saturated carbocycles. The summed E-state index contributed by atoms with van der Waals surface area (Å²) in [6.45, 7) is 4.16. The molecular formula is C20H21ClN2O. The minimum absolute atomic E-state index is 0.0509. The highest BCUT2D eigenvalue weighted by molar-refractivity contribution is 6.37. The highest BCUT2D eigenvalue weighted by Crippen LogP contribution is 2.38. The number of benzene rings is 1. The summed E-state index contributed by atoms with van der Waals surface area (Å²) in [7, 11) is 0. The van der Waals surface area contributed by atoms with Crippen molar-refractivity contribution >= 4 is 34.8 Å². The normalized spacial score (nSPS) is 17.8. The number of fused-ring (bicyclic) bond motifs is 2. The molecule has 0 bridgehead atoms. The largest absolute Gasteiger partial charge is 0.358 e. The summed E-state index contributed by atoms with van der Waals surface area (Å²) < 4.78 is 0. The zero-order chi connectivity index (χ0) is 16.8. The average molecular weight is 341 g/mol. The highest BCUT2D eigenvalue weighted by atomic mass is 35.5. The Morgan fingerprint density at radius 2 is 2.04 bits per heavy atom. The lowest BCUT2D eigenvalue weighted by atomic mass is 9.93. The molecule has 2 heterocycles. The summed E-state index contributed by atoms with van der Waals surface area (Å²) in [5, 5.41) is 3.64. The summed E-state index contributed by atoms with van der Waals surface area (Å²) in [5.41, 5.74) is 8.74. The first-order chi connectivity index (χ1) is 11.6. The van der Waals surface area contributed by atoms with E-state index in [1.165, 1.54) is 29.7 Å². The first kappa shape index (κ1) is 15.5. The first-order valence-corrected chi connectivity index (χ1v) is 9.02. The number of anilines is 1. The van der Waals surface area contributed by atoms with E-state index in [1.54, 1.807) is 0 Å². The molecule has 4 heteroatoms. The van der Waals surface area contributed by atoms with Gasteiger partial charge >= 0.3 is 0 Å². The maximum absolute atomic E-state index is 12.5. The standard InChI is InChI=1S/C20H21ClN2O/c1-3-13-14-6-4-5-7-17(14)22-18(13)10-16-15-9-12(21)8-11(2)19(15)23-20(16)24/h8-10,22H,3-7H2,1-2H3,(H,23,24). The van der Waals surface area contributed by atoms with E-state index in [0.29, 0.717) is 10.6 Å². The molecule has 1 aromatic heterocycles. The van der Waals surface area contributed by atoms with E-state index in [1.807, 2.05) is 25.1 Å². The number of halogens is 1. The number of aromatic amines is 1. The van der Waals surface area contributed by atoms with E-state index >= 15 is 0 Å². The second kappa shape index (κ2) is 5.82. The van der Waals surface area contributed by atoms with Gasteiger partial charge in [0.1, 0.15) is 0 Å². The van der Waals surface area contributed by atoms with E-state index in [0.717, 1.165) is 41.8 Å². The number of aryl methyl sites for hydroxylation is 2. The zero-order valence-electron chi connectivity index (χ0n) is 14.1. The van der Waals surface area contributed by atoms with Crippen LogP contribution < -0.4 is 5.32 Å². The molecule has 0 spiro atoms. The molecule has 1 aromatic carbocycles. The summed E-state index contributed by atoms with van der Waals surface area (Å²) in [4.78, 5) is 16.1. The number of amides is 1. The number of carbonyl (C=O) groups is 1. The molecule has 1 aliphatic heterocycles. The number of aromatic nitrogens is 1. The fourth-order valence-electron chi connectivity index (χ4n) is 4.02. The molecule has 2 N–H and O–H groups in total. The lowest BCUT2D eigenvalue weighted by Crippen LogP contribution is -2.04. The van der Waals surface area contributed by atoms with Crippen molar-refractivity contribution in [1.82, 2.24) is 4.98 Å². The molecule has 3 nitrogen and oxygen atoms in total. The fourth-order valence-corrected chi connectivity index (χ4v) is 4.29. The molecule has 0 radical (unpaired) electrons. The second-order valence-corrected chi connectivity index (χ2v) is 7.13. The van der Waals surface area contributed by atoms with E-state index in [2.05, 4.69) is 17.2 Å². The van der Waals surface area contributed by atoms with E-state index in [9.17, 15) is 4.79 Å². The monoisotopic (exact) mass is 340 g/mol. The Balaban J connectivity index is 1.86. The fraction of sp³-hybridized carbons (Fsp3) is 0.350. The molecule has 0 fully saturated rings. The van der Waals surface area contributed by atoms with E-state index < -0.39 is 0 Å². The summed E-state index contributed by atoms with van der Waals surface area (Å²) >= 11 is 6.21. The quantitative estimate of drug-likeness (QED) is 0.749. The van der Waals surface area contributed by atoms with Crippen molar-refractivity contribution in [3.05, 3.63) is 50.8 Å². The Labute approximate surface area is 147 Å². The average Bonchev–Trinajstić information content (AvgIpc) is 3.06. The van der Waals surface area contributed by atoms with Crippen molar-refractivity contribution in [2.24, 2.45) is 0 Å². The van der Waals surface area contributed by atoms with Crippen molar-refractivity contribution in [3.8, 4) is 0 Å². The highest BCUT2D eigenvalue weighted by Gasteiger charge is 2.27. The van der Waals surface area contributed by atoms with Crippen LogP contribution in [0.3, 0.4) is 0 Å². The molecule has 2 aromatic rings. The van der Waals surface area contributed by atoms with Crippen molar-refractivity contribution in [3.63, 3.8) is 0 Å². The van der Waals surface area contributed by atoms with Crippen molar-refractivity contribution in [2.75, 3.05) is 5.32 Å². The second-order valence-electron chi connectivity index (χ2n) is 6.69. The first-order valence-electron chi connectivity index (χ1n) is 8.64. The topological polar surface area (TPSA) is 44.9 Å². The van der Waals surface area contributed by atoms with Gasteiger partial charge in [0, 0.05) is 22.0 Å². The maximum Gasteiger partial charge on any atom is 0.256 e. The van der Waals surface area contributed by atoms with Gasteiger partial charge in [-0.2, -0.15) is 0 Å². The van der Waals surface area contributed by atoms with Gasteiger partial charge < -0.3 is 10.3 Å². The maximum atomic E-state index is 12.5. The Morgan fingerprint density at radius 3 is 2.83 bits per heavy atom. The van der Waals surface area contributed by atoms with Crippen LogP contribution in [0.15, 0.2) is 12.1 Å². The third-order valence-corrected chi connectivity index (χ3v) is 5.38. The minimum atomic E-state index is -0.0509. The van der Waals surface area contributed by atoms with Gasteiger partial charge in [-0.15, -0.1) is 0 Å². The van der Waals surface area contributed by atoms with Crippen LogP contribution in [0.2, 0.25) is 5.02 Å². The van der Waals surface area contributed by atoms with Crippen LogP contribution in [-0.2, 0) is 24.1 Å². The lowest BCUT2D eigenvalue weighted by molar-refractivity contribution is -0.110. The van der Waals surface area contributed by atoms with Gasteiger partial charge in [-0.25, -0.2) is 0 Å². The van der Waals surface area contributed by atoms with Crippen LogP contribution in [0.4, 0.5) is 5.69 Å². The smallest absolute Gasteiger partial charge is 0.256 e. The van der Waals surface area contributed by atoms with Crippen LogP contribution in [0.5, 0.6) is 0 Å². The Kier molecular flexibility index (Phi) is 3.76. The van der Waals surface area contributed by atoms with Crippen molar-refractivity contribution in [2.45, 2.75) is 46.0 Å². The van der Waals surface area contributed by atoms with Gasteiger partial charge in [0.15, 0.2) is 0 Å². The van der Waals surface area contributed by atoms with Gasteiger partial charge in [-0.05, 0) is 73.9 Å². The molecule has 4 rings (SSSR count). The summed E-state index contributed by atoms with van der Waals surface area (Å²) in [5.74, 6) is -0.0509. The number of hydrogen-bond donors (Lipinski definition) is 2. The number of nitrogens with one attached hydrogen (secondary N) is 2. The number of H-pyrrole nitrogens is 1. The molecule has 1 amide bonds. The Hall–Kier alpha value is -2.00. The third-order valence-electron chi connectivity index (χ3n) is 5.16. The van der Waals surface area contributed by atoms with Crippen LogP contribution in [-0.4, -0.2) is 10.9 Å². The van der Waals surface area contributed by atoms with E-state index in [-0.39, 0.29) is 5.91 Å². The molecule has 124 valence electrons. The van der Waals surface area contributed by atoms with Crippen LogP contribution in [0.1, 0.15) is 53.4 Å². The van der Waals surface area contributed by atoms with Crippen LogP contribution >= 0.6 is 11.6 Å². The minimum Gasteiger partial charge on any atom is -0.358 e. The predicted molar refractivity (Wildman–Crippen MR) is 99.5 cm³/mol. The van der Waals surface area contributed by atoms with Gasteiger partial charge in [-0.1, -0.05) is 18.5 Å². The number of hydrogen-bond acceptors (Lipinski definition) is 1. The van der Waals surface area contributed by atoms with Crippen molar-refractivity contribution < 1.29 is 4.79 Å². The van der Waals surface area contributed by atoms with E-state index in [4.69, 9.17) is 11.6 Å². The molecule has 0 atom stereocenters. The SMILES string of the molecule is CCc1c(C=C2C(=O)Nc3c(C)cc(Cl)cc32)[nH]c2c1CCCC2. The van der Waals surface area contributed by atoms with Crippen LogP contribution in [0, 0.1) is 6.92 Å². The molecule has 0 saturated heterocycles. The lowest BCUT2D eigenvalue weighted by Gasteiger charge is -2.11. The molecule has 1 aliphatic carbocycles. The summed E-state index contributed by atoms with van der Waals surface area (Å²) in [6, 6.07) is 3.76. The van der Waals surface area contributed by atoms with Gasteiger partial charge in [0.05, 0.1) is 11.3 Å². The molecule has 0 unspecified atom stereocenters. The molecule has 2 aliphatic rings. The van der Waals surface area contributed by atoms with Gasteiger partial charge in [0.2, 0.25) is 0 Å². The van der Waals surface area contributed by atoms with Gasteiger partial charge in [-0.3, -0.25) is 4.79 Å². The van der Waals surface area contributed by atoms with Crippen molar-refractivity contribution in [1.29, 1.82) is 0 Å². The molecule has 24 heavy (non-hydrogen) atoms. The predicted octanol–water partition coefficient (Wildman–Crippen LogP) is 4.91. The Morgan fingerprint density at radius 1 is 1.25 bits per heavy atom. The zero-order valence-corrected chi connectivity index (χ0v) is 14.8. The Bertz CT molecular complexity index is 876. The van der Waals surface area contributed by atoms with Gasteiger partial charge in [0.25, 0.3) is 5.91 Å². The van der Waals surface area contributed by atoms with Crippen LogP contribution in [0.25, 0.3) is 11.6 Å². The number of rotatable bonds is 2. The third kappa shape index (κ3) is 2.39. The number of carbonyl (C=O) groups excluding carboxylic acids is 1.